The van der Waals surface area contributed by atoms with Crippen molar-refractivity contribution in [1.29, 1.82) is 5.26 Å². The first-order valence-corrected chi connectivity index (χ1v) is 8.93. The molecule has 0 fully saturated rings. The van der Waals surface area contributed by atoms with Gasteiger partial charge in [0.25, 0.3) is 0 Å². The second-order valence-electron chi connectivity index (χ2n) is 8.30. The summed E-state index contributed by atoms with van der Waals surface area (Å²) < 4.78 is 3.71. The predicted molar refractivity (Wildman–Crippen MR) is 97.1 cm³/mol. The molecule has 26 heavy (non-hydrogen) atoms. The fraction of sp³-hybridized carbons (Fsp3) is 0.500. The molecule has 0 bridgehead atoms. The lowest BCUT2D eigenvalue weighted by molar-refractivity contribution is -0.128. The summed E-state index contributed by atoms with van der Waals surface area (Å²) in [6, 6.07) is 2.12. The summed E-state index contributed by atoms with van der Waals surface area (Å²) in [4.78, 5) is 12.8. The van der Waals surface area contributed by atoms with E-state index in [1.54, 1.807) is 4.68 Å². The van der Waals surface area contributed by atoms with Crippen molar-refractivity contribution in [2.45, 2.75) is 39.0 Å². The van der Waals surface area contributed by atoms with Gasteiger partial charge in [0, 0.05) is 42.2 Å². The first kappa shape index (κ1) is 16.8. The predicted octanol–water partition coefficient (Wildman–Crippen LogP) is 2.70. The highest BCUT2D eigenvalue weighted by atomic mass is 16.1. The zero-order valence-electron chi connectivity index (χ0n) is 15.9. The average Bonchev–Trinajstić information content (AvgIpc) is 3.14. The Kier molecular flexibility index (Phi) is 3.33. The average molecular weight is 349 g/mol. The van der Waals surface area contributed by atoms with Crippen LogP contribution < -0.4 is 0 Å². The minimum Gasteiger partial charge on any atom is -0.293 e. The first-order valence-electron chi connectivity index (χ1n) is 8.93. The second kappa shape index (κ2) is 5.16. The number of Topliss-reactive ketones (excluding diaryl/α,β-unsaturated/α-hetero) is 1. The van der Waals surface area contributed by atoms with Crippen LogP contribution in [0.1, 0.15) is 38.4 Å². The van der Waals surface area contributed by atoms with E-state index in [-0.39, 0.29) is 17.3 Å². The Labute approximate surface area is 153 Å². The molecule has 0 saturated carbocycles. The molecule has 2 heterocycles. The Bertz CT molecular complexity index is 1000. The van der Waals surface area contributed by atoms with E-state index in [2.05, 4.69) is 18.1 Å². The molecule has 0 radical (unpaired) electrons. The van der Waals surface area contributed by atoms with Crippen LogP contribution in [0.15, 0.2) is 24.0 Å². The molecule has 0 saturated heterocycles. The van der Waals surface area contributed by atoms with E-state index in [0.29, 0.717) is 0 Å². The fourth-order valence-corrected chi connectivity index (χ4v) is 5.13. The Balaban J connectivity index is 1.96. The number of carbonyl (C=O) groups is 1. The molecular formula is C20H23N5O. The molecule has 2 aliphatic rings. The number of aryl methyl sites for hydroxylation is 2. The SMILES string of the molecule is Cn1cc(-c2c3c(nn2C)C2(C)C=C(C#N)C(=O)C(C)(C)C2CC3)cn1. The Morgan fingerprint density at radius 3 is 2.65 bits per heavy atom. The zero-order valence-corrected chi connectivity index (χ0v) is 15.9. The van der Waals surface area contributed by atoms with Crippen LogP contribution in [0.3, 0.4) is 0 Å². The monoisotopic (exact) mass is 349 g/mol. The molecule has 4 rings (SSSR count). The van der Waals surface area contributed by atoms with Gasteiger partial charge >= 0.3 is 0 Å². The van der Waals surface area contributed by atoms with E-state index in [9.17, 15) is 10.1 Å². The summed E-state index contributed by atoms with van der Waals surface area (Å²) in [5.74, 6) is 0.0816. The van der Waals surface area contributed by atoms with Crippen LogP contribution in [0.25, 0.3) is 11.3 Å². The van der Waals surface area contributed by atoms with Crippen molar-refractivity contribution in [2.75, 3.05) is 0 Å². The van der Waals surface area contributed by atoms with Crippen LogP contribution in [0.4, 0.5) is 0 Å². The summed E-state index contributed by atoms with van der Waals surface area (Å²) in [5.41, 5.74) is 3.58. The summed E-state index contributed by atoms with van der Waals surface area (Å²) in [6.45, 7) is 6.07. The van der Waals surface area contributed by atoms with Gasteiger partial charge in [0.05, 0.1) is 23.2 Å². The number of ketones is 1. The number of allylic oxidation sites excluding steroid dienone is 2. The van der Waals surface area contributed by atoms with Gasteiger partial charge in [-0.15, -0.1) is 0 Å². The van der Waals surface area contributed by atoms with Crippen LogP contribution in [-0.2, 0) is 30.7 Å². The number of aromatic nitrogens is 4. The van der Waals surface area contributed by atoms with E-state index < -0.39 is 10.8 Å². The number of nitriles is 1. The molecule has 2 aliphatic carbocycles. The number of fused-ring (bicyclic) bond motifs is 3. The van der Waals surface area contributed by atoms with E-state index in [1.807, 2.05) is 51.1 Å². The van der Waals surface area contributed by atoms with Crippen LogP contribution in [0.2, 0.25) is 0 Å². The quantitative estimate of drug-likeness (QED) is 0.793. The Morgan fingerprint density at radius 1 is 1.31 bits per heavy atom. The minimum absolute atomic E-state index is 0.0469. The van der Waals surface area contributed by atoms with Crippen LogP contribution in [0, 0.1) is 22.7 Å². The highest BCUT2D eigenvalue weighted by molar-refractivity contribution is 6.04. The van der Waals surface area contributed by atoms with Crippen molar-refractivity contribution in [3.63, 3.8) is 0 Å². The van der Waals surface area contributed by atoms with Gasteiger partial charge in [0.15, 0.2) is 5.78 Å². The van der Waals surface area contributed by atoms with Crippen LogP contribution in [0.5, 0.6) is 0 Å². The van der Waals surface area contributed by atoms with Crippen molar-refractivity contribution in [1.82, 2.24) is 19.6 Å². The zero-order chi connectivity index (χ0) is 18.9. The summed E-state index contributed by atoms with van der Waals surface area (Å²) >= 11 is 0. The lowest BCUT2D eigenvalue weighted by Crippen LogP contribution is -2.51. The van der Waals surface area contributed by atoms with Gasteiger partial charge in [0.1, 0.15) is 6.07 Å². The molecule has 2 aromatic rings. The maximum absolute atomic E-state index is 12.8. The van der Waals surface area contributed by atoms with Crippen LogP contribution in [-0.4, -0.2) is 25.3 Å². The molecule has 0 spiro atoms. The molecule has 0 aromatic carbocycles. The van der Waals surface area contributed by atoms with Gasteiger partial charge in [-0.2, -0.15) is 15.5 Å². The molecule has 134 valence electrons. The molecule has 6 nitrogen and oxygen atoms in total. The van der Waals surface area contributed by atoms with Crippen molar-refractivity contribution < 1.29 is 4.79 Å². The number of rotatable bonds is 1. The molecule has 2 unspecified atom stereocenters. The lowest BCUT2D eigenvalue weighted by atomic mass is 9.52. The summed E-state index contributed by atoms with van der Waals surface area (Å²) in [6.07, 6.45) is 7.49. The van der Waals surface area contributed by atoms with Crippen LogP contribution >= 0.6 is 0 Å². The van der Waals surface area contributed by atoms with Gasteiger partial charge in [0.2, 0.25) is 0 Å². The molecule has 2 aromatic heterocycles. The number of hydrogen-bond acceptors (Lipinski definition) is 4. The van der Waals surface area contributed by atoms with E-state index in [4.69, 9.17) is 5.10 Å². The highest BCUT2D eigenvalue weighted by Gasteiger charge is 2.55. The number of carbonyl (C=O) groups excluding carboxylic acids is 1. The largest absolute Gasteiger partial charge is 0.293 e. The minimum atomic E-state index is -0.571. The molecule has 0 aliphatic heterocycles. The fourth-order valence-electron chi connectivity index (χ4n) is 5.13. The Morgan fingerprint density at radius 2 is 2.04 bits per heavy atom. The smallest absolute Gasteiger partial charge is 0.178 e. The van der Waals surface area contributed by atoms with Crippen molar-refractivity contribution in [2.24, 2.45) is 25.4 Å². The van der Waals surface area contributed by atoms with E-state index in [0.717, 1.165) is 29.8 Å². The van der Waals surface area contributed by atoms with Crippen molar-refractivity contribution in [3.05, 3.63) is 35.3 Å². The van der Waals surface area contributed by atoms with Gasteiger partial charge in [-0.3, -0.25) is 14.2 Å². The van der Waals surface area contributed by atoms with Crippen molar-refractivity contribution >= 4 is 5.78 Å². The van der Waals surface area contributed by atoms with Gasteiger partial charge < -0.3 is 0 Å². The van der Waals surface area contributed by atoms with Gasteiger partial charge in [-0.05, 0) is 18.8 Å². The second-order valence-corrected chi connectivity index (χ2v) is 8.30. The third-order valence-corrected chi connectivity index (χ3v) is 6.31. The van der Waals surface area contributed by atoms with E-state index >= 15 is 0 Å². The maximum Gasteiger partial charge on any atom is 0.178 e. The normalized spacial score (nSPS) is 26.7. The Hall–Kier alpha value is -2.68. The molecule has 0 amide bonds. The highest BCUT2D eigenvalue weighted by Crippen LogP contribution is 2.55. The third-order valence-electron chi connectivity index (χ3n) is 6.31. The van der Waals surface area contributed by atoms with E-state index in [1.165, 1.54) is 5.56 Å². The molecule has 0 N–H and O–H groups in total. The number of hydrogen-bond donors (Lipinski definition) is 0. The first-order chi connectivity index (χ1) is 12.2. The van der Waals surface area contributed by atoms with Gasteiger partial charge in [-0.1, -0.05) is 26.8 Å². The summed E-state index contributed by atoms with van der Waals surface area (Å²) in [7, 11) is 3.86. The third kappa shape index (κ3) is 2.00. The molecular weight excluding hydrogens is 326 g/mol. The lowest BCUT2D eigenvalue weighted by Gasteiger charge is -2.49. The topological polar surface area (TPSA) is 76.5 Å². The standard InChI is InChI=1S/C20H23N5O/c1-19(2)15-7-6-14-16(13-10-22-24(4)11-13)25(5)23-17(14)20(15,3)8-12(9-21)18(19)26/h8,10-11,15H,6-7H2,1-5H3. The maximum atomic E-state index is 12.8. The molecule has 2 atom stereocenters. The van der Waals surface area contributed by atoms with Gasteiger partial charge in [-0.25, -0.2) is 0 Å². The number of nitrogens with zero attached hydrogens (tertiary/aromatic N) is 5. The summed E-state index contributed by atoms with van der Waals surface area (Å²) in [5, 5.41) is 18.7. The molecule has 6 heteroatoms. The van der Waals surface area contributed by atoms with Crippen molar-refractivity contribution in [3.8, 4) is 17.3 Å².